The van der Waals surface area contributed by atoms with Crippen molar-refractivity contribution in [2.75, 3.05) is 0 Å². The molecular weight excluding hydrogens is 250 g/mol. The molecule has 2 aromatic carbocycles. The van der Waals surface area contributed by atoms with Crippen molar-refractivity contribution in [3.63, 3.8) is 0 Å². The van der Waals surface area contributed by atoms with Crippen molar-refractivity contribution >= 4 is 27.1 Å². The van der Waals surface area contributed by atoms with Crippen molar-refractivity contribution in [3.8, 4) is 11.5 Å². The summed E-state index contributed by atoms with van der Waals surface area (Å²) in [7, 11) is 0. The minimum Gasteiger partial charge on any atom is -0.508 e. The molecule has 4 rings (SSSR count). The summed E-state index contributed by atoms with van der Waals surface area (Å²) in [6, 6.07) is 14.9. The quantitative estimate of drug-likeness (QED) is 0.290. The normalized spacial score (nSPS) is 11.4. The van der Waals surface area contributed by atoms with Crippen molar-refractivity contribution in [1.82, 2.24) is 0 Å². The molecular formula is C17H12NO2+. The van der Waals surface area contributed by atoms with Crippen LogP contribution in [-0.2, 0) is 0 Å². The van der Waals surface area contributed by atoms with Gasteiger partial charge in [-0.05, 0) is 35.0 Å². The van der Waals surface area contributed by atoms with Gasteiger partial charge in [0.2, 0.25) is 5.52 Å². The number of phenols is 2. The summed E-state index contributed by atoms with van der Waals surface area (Å²) in [5.41, 5.74) is 1.04. The highest BCUT2D eigenvalue weighted by atomic mass is 16.3. The lowest BCUT2D eigenvalue weighted by molar-refractivity contribution is -0.509. The Hall–Kier alpha value is -2.81. The number of benzene rings is 2. The van der Waals surface area contributed by atoms with Gasteiger partial charge in [0.25, 0.3) is 0 Å². The average Bonchev–Trinajstić information content (AvgIpc) is 2.45. The Bertz CT molecular complexity index is 977. The van der Waals surface area contributed by atoms with Gasteiger partial charge in [0.05, 0.1) is 10.8 Å². The van der Waals surface area contributed by atoms with Crippen LogP contribution in [0.4, 0.5) is 0 Å². The van der Waals surface area contributed by atoms with Gasteiger partial charge in [-0.15, -0.1) is 0 Å². The Kier molecular flexibility index (Phi) is 2.12. The first-order chi connectivity index (χ1) is 9.72. The second-order valence-corrected chi connectivity index (χ2v) is 4.93. The van der Waals surface area contributed by atoms with Crippen molar-refractivity contribution in [1.29, 1.82) is 0 Å². The molecule has 3 heteroatoms. The van der Waals surface area contributed by atoms with Gasteiger partial charge in [0.1, 0.15) is 11.5 Å². The summed E-state index contributed by atoms with van der Waals surface area (Å²) in [5.74, 6) is 0.544. The predicted octanol–water partition coefficient (Wildman–Crippen LogP) is 3.14. The second-order valence-electron chi connectivity index (χ2n) is 4.93. The van der Waals surface area contributed by atoms with Gasteiger partial charge in [-0.25, -0.2) is 0 Å². The SMILES string of the molecule is Oc1ccc2c(cc[n+]3cc4c(O)cccc4cc23)c1. The minimum atomic E-state index is 0.264. The molecule has 3 nitrogen and oxygen atoms in total. The van der Waals surface area contributed by atoms with Crippen LogP contribution in [-0.4, -0.2) is 10.2 Å². The molecule has 4 aromatic rings. The Labute approximate surface area is 115 Å². The van der Waals surface area contributed by atoms with Crippen LogP contribution in [0.3, 0.4) is 0 Å². The molecule has 0 aliphatic heterocycles. The number of hydrogen-bond acceptors (Lipinski definition) is 2. The highest BCUT2D eigenvalue weighted by Crippen LogP contribution is 2.27. The van der Waals surface area contributed by atoms with E-state index in [1.54, 1.807) is 18.2 Å². The van der Waals surface area contributed by atoms with Crippen LogP contribution in [0.5, 0.6) is 11.5 Å². The Morgan fingerprint density at radius 2 is 1.65 bits per heavy atom. The Balaban J connectivity index is 2.22. The number of phenolic OH excluding ortho intramolecular Hbond substituents is 2. The van der Waals surface area contributed by atoms with Gasteiger partial charge in [0.15, 0.2) is 12.4 Å². The molecule has 2 aromatic heterocycles. The Morgan fingerprint density at radius 1 is 0.800 bits per heavy atom. The summed E-state index contributed by atoms with van der Waals surface area (Å²) >= 11 is 0. The van der Waals surface area contributed by atoms with E-state index in [4.69, 9.17) is 0 Å². The molecule has 2 heterocycles. The van der Waals surface area contributed by atoms with E-state index < -0.39 is 0 Å². The number of pyridine rings is 2. The fourth-order valence-corrected chi connectivity index (χ4v) is 2.69. The molecule has 0 aliphatic carbocycles. The van der Waals surface area contributed by atoms with Crippen molar-refractivity contribution in [3.05, 3.63) is 60.9 Å². The number of hydrogen-bond donors (Lipinski definition) is 2. The zero-order valence-corrected chi connectivity index (χ0v) is 10.6. The smallest absolute Gasteiger partial charge is 0.219 e. The fourth-order valence-electron chi connectivity index (χ4n) is 2.69. The first-order valence-corrected chi connectivity index (χ1v) is 6.41. The van der Waals surface area contributed by atoms with Crippen LogP contribution in [0.25, 0.3) is 27.1 Å². The van der Waals surface area contributed by atoms with Crippen LogP contribution < -0.4 is 4.40 Å². The molecule has 0 unspecified atom stereocenters. The molecule has 0 saturated carbocycles. The van der Waals surface area contributed by atoms with E-state index in [0.717, 1.165) is 27.1 Å². The molecule has 0 radical (unpaired) electrons. The number of rotatable bonds is 0. The van der Waals surface area contributed by atoms with E-state index in [0.29, 0.717) is 0 Å². The first kappa shape index (κ1) is 11.1. The van der Waals surface area contributed by atoms with Crippen LogP contribution in [0.1, 0.15) is 0 Å². The maximum Gasteiger partial charge on any atom is 0.219 e. The van der Waals surface area contributed by atoms with Gasteiger partial charge < -0.3 is 10.2 Å². The Morgan fingerprint density at radius 3 is 2.55 bits per heavy atom. The van der Waals surface area contributed by atoms with E-state index in [2.05, 4.69) is 6.07 Å². The van der Waals surface area contributed by atoms with Crippen LogP contribution in [0.2, 0.25) is 0 Å². The van der Waals surface area contributed by atoms with E-state index >= 15 is 0 Å². The third-order valence-electron chi connectivity index (χ3n) is 3.68. The number of aromatic hydroxyl groups is 2. The maximum absolute atomic E-state index is 9.93. The van der Waals surface area contributed by atoms with Gasteiger partial charge in [-0.3, -0.25) is 0 Å². The highest BCUT2D eigenvalue weighted by Gasteiger charge is 2.11. The molecule has 0 bridgehead atoms. The third kappa shape index (κ3) is 1.50. The molecule has 20 heavy (non-hydrogen) atoms. The zero-order chi connectivity index (χ0) is 13.7. The number of aromatic nitrogens is 1. The lowest BCUT2D eigenvalue weighted by Gasteiger charge is -2.02. The summed E-state index contributed by atoms with van der Waals surface area (Å²) in [4.78, 5) is 0. The largest absolute Gasteiger partial charge is 0.508 e. The van der Waals surface area contributed by atoms with Crippen molar-refractivity contribution < 1.29 is 14.6 Å². The average molecular weight is 262 g/mol. The molecule has 0 saturated heterocycles. The van der Waals surface area contributed by atoms with Gasteiger partial charge in [-0.1, -0.05) is 12.1 Å². The second kappa shape index (κ2) is 3.84. The first-order valence-electron chi connectivity index (χ1n) is 6.41. The maximum atomic E-state index is 9.93. The van der Waals surface area contributed by atoms with Gasteiger partial charge in [-0.2, -0.15) is 4.40 Å². The molecule has 0 atom stereocenters. The van der Waals surface area contributed by atoms with Crippen LogP contribution >= 0.6 is 0 Å². The van der Waals surface area contributed by atoms with E-state index in [-0.39, 0.29) is 11.5 Å². The molecule has 0 aliphatic rings. The predicted molar refractivity (Wildman–Crippen MR) is 77.9 cm³/mol. The standard InChI is InChI=1S/C17H11NO2/c19-13-4-5-14-12(8-13)6-7-18-10-15-11(9-16(14)18)2-1-3-17(15)20/h1-10H,(H,19,20)/p+1. The summed E-state index contributed by atoms with van der Waals surface area (Å²) in [5, 5.41) is 23.4. The summed E-state index contributed by atoms with van der Waals surface area (Å²) in [6.45, 7) is 0. The molecule has 2 N–H and O–H groups in total. The fraction of sp³-hybridized carbons (Fsp3) is 0. The van der Waals surface area contributed by atoms with Gasteiger partial charge >= 0.3 is 0 Å². The van der Waals surface area contributed by atoms with E-state index in [9.17, 15) is 10.2 Å². The summed E-state index contributed by atoms with van der Waals surface area (Å²) < 4.78 is 1.99. The highest BCUT2D eigenvalue weighted by molar-refractivity contribution is 5.98. The van der Waals surface area contributed by atoms with Crippen LogP contribution in [0.15, 0.2) is 60.9 Å². The van der Waals surface area contributed by atoms with E-state index in [1.807, 2.05) is 41.1 Å². The van der Waals surface area contributed by atoms with E-state index in [1.165, 1.54) is 0 Å². The van der Waals surface area contributed by atoms with Crippen molar-refractivity contribution in [2.45, 2.75) is 0 Å². The summed E-state index contributed by atoms with van der Waals surface area (Å²) in [6.07, 6.45) is 3.86. The van der Waals surface area contributed by atoms with Gasteiger partial charge in [0, 0.05) is 12.1 Å². The molecule has 0 fully saturated rings. The molecule has 0 amide bonds. The zero-order valence-electron chi connectivity index (χ0n) is 10.6. The molecule has 96 valence electrons. The van der Waals surface area contributed by atoms with Crippen molar-refractivity contribution in [2.24, 2.45) is 0 Å². The third-order valence-corrected chi connectivity index (χ3v) is 3.68. The minimum absolute atomic E-state index is 0.264. The van der Waals surface area contributed by atoms with Crippen LogP contribution in [0, 0.1) is 0 Å². The molecule has 0 spiro atoms. The number of nitrogens with zero attached hydrogens (tertiary/aromatic N) is 1. The number of fused-ring (bicyclic) bond motifs is 4. The topological polar surface area (TPSA) is 44.6 Å². The lowest BCUT2D eigenvalue weighted by Crippen LogP contribution is -2.20. The lowest BCUT2D eigenvalue weighted by atomic mass is 10.1. The monoisotopic (exact) mass is 262 g/mol.